The van der Waals surface area contributed by atoms with Crippen LogP contribution in [0.3, 0.4) is 0 Å². The number of ether oxygens (including phenoxy) is 1. The van der Waals surface area contributed by atoms with E-state index in [1.807, 2.05) is 0 Å². The lowest BCUT2D eigenvalue weighted by molar-refractivity contribution is -0.274. The zero-order valence-electron chi connectivity index (χ0n) is 14.5. The minimum Gasteiger partial charge on any atom is -0.506 e. The number of benzene rings is 2. The third-order valence-corrected chi connectivity index (χ3v) is 4.63. The zero-order valence-corrected chi connectivity index (χ0v) is 15.3. The molecule has 28 heavy (non-hydrogen) atoms. The van der Waals surface area contributed by atoms with Crippen LogP contribution in [0.25, 0.3) is 10.9 Å². The highest BCUT2D eigenvalue weighted by Crippen LogP contribution is 2.35. The SMILES string of the molecule is Cc1c(CC(=O)O)c2cc(O)c(Cl)cc2n1Cc1cccc(OC(F)(F)F)c1. The van der Waals surface area contributed by atoms with E-state index in [0.29, 0.717) is 27.7 Å². The Morgan fingerprint density at radius 1 is 1.25 bits per heavy atom. The largest absolute Gasteiger partial charge is 0.573 e. The van der Waals surface area contributed by atoms with Crippen LogP contribution in [0.2, 0.25) is 5.02 Å². The first kappa shape index (κ1) is 19.9. The number of aromatic nitrogens is 1. The van der Waals surface area contributed by atoms with Gasteiger partial charge in [0, 0.05) is 17.6 Å². The number of halogens is 4. The highest BCUT2D eigenvalue weighted by molar-refractivity contribution is 6.32. The molecule has 0 bridgehead atoms. The van der Waals surface area contributed by atoms with Gasteiger partial charge >= 0.3 is 12.3 Å². The number of carboxylic acid groups (broad SMARTS) is 1. The van der Waals surface area contributed by atoms with Crippen LogP contribution in [0.1, 0.15) is 16.8 Å². The molecule has 0 amide bonds. The molecule has 0 radical (unpaired) electrons. The molecule has 1 aromatic heterocycles. The minimum atomic E-state index is -4.80. The van der Waals surface area contributed by atoms with Gasteiger partial charge in [-0.15, -0.1) is 13.2 Å². The second-order valence-electron chi connectivity index (χ2n) is 6.24. The van der Waals surface area contributed by atoms with E-state index >= 15 is 0 Å². The fourth-order valence-corrected chi connectivity index (χ4v) is 3.31. The first-order valence-electron chi connectivity index (χ1n) is 8.12. The van der Waals surface area contributed by atoms with E-state index in [9.17, 15) is 28.2 Å². The third kappa shape index (κ3) is 4.17. The summed E-state index contributed by atoms with van der Waals surface area (Å²) in [4.78, 5) is 11.2. The van der Waals surface area contributed by atoms with E-state index in [4.69, 9.17) is 11.6 Å². The Morgan fingerprint density at radius 3 is 2.61 bits per heavy atom. The highest BCUT2D eigenvalue weighted by Gasteiger charge is 2.31. The number of hydrogen-bond acceptors (Lipinski definition) is 3. The van der Waals surface area contributed by atoms with Crippen LogP contribution in [0, 0.1) is 6.92 Å². The fraction of sp³-hybridized carbons (Fsp3) is 0.211. The molecule has 0 unspecified atom stereocenters. The van der Waals surface area contributed by atoms with E-state index in [2.05, 4.69) is 4.74 Å². The molecule has 9 heteroatoms. The molecule has 3 rings (SSSR count). The van der Waals surface area contributed by atoms with Crippen molar-refractivity contribution in [2.24, 2.45) is 0 Å². The zero-order chi connectivity index (χ0) is 20.6. The van der Waals surface area contributed by atoms with Gasteiger partial charge in [-0.1, -0.05) is 23.7 Å². The molecule has 0 saturated carbocycles. The van der Waals surface area contributed by atoms with Gasteiger partial charge in [-0.25, -0.2) is 0 Å². The summed E-state index contributed by atoms with van der Waals surface area (Å²) in [6.07, 6.45) is -5.07. The fourth-order valence-electron chi connectivity index (χ4n) is 3.16. The van der Waals surface area contributed by atoms with E-state index in [-0.39, 0.29) is 29.5 Å². The van der Waals surface area contributed by atoms with Gasteiger partial charge in [0.05, 0.1) is 17.0 Å². The Morgan fingerprint density at radius 2 is 1.96 bits per heavy atom. The van der Waals surface area contributed by atoms with Gasteiger partial charge in [-0.05, 0) is 42.3 Å². The molecule has 1 heterocycles. The van der Waals surface area contributed by atoms with E-state index in [0.717, 1.165) is 0 Å². The van der Waals surface area contributed by atoms with Crippen LogP contribution in [0.4, 0.5) is 13.2 Å². The number of fused-ring (bicyclic) bond motifs is 1. The Kier molecular flexibility index (Phi) is 5.16. The molecule has 0 aliphatic heterocycles. The Balaban J connectivity index is 2.08. The molecular formula is C19H15ClF3NO4. The molecule has 5 nitrogen and oxygen atoms in total. The number of carbonyl (C=O) groups is 1. The molecular weight excluding hydrogens is 399 g/mol. The molecule has 0 spiro atoms. The van der Waals surface area contributed by atoms with Crippen molar-refractivity contribution in [2.75, 3.05) is 0 Å². The number of hydrogen-bond donors (Lipinski definition) is 2. The highest BCUT2D eigenvalue weighted by atomic mass is 35.5. The number of nitrogens with zero attached hydrogens (tertiary/aromatic N) is 1. The van der Waals surface area contributed by atoms with Crippen molar-refractivity contribution < 1.29 is 32.9 Å². The van der Waals surface area contributed by atoms with Gasteiger partial charge in [-0.3, -0.25) is 4.79 Å². The molecule has 0 aliphatic rings. The first-order valence-corrected chi connectivity index (χ1v) is 8.49. The van der Waals surface area contributed by atoms with Crippen LogP contribution in [0.5, 0.6) is 11.5 Å². The molecule has 0 aliphatic carbocycles. The Labute approximate surface area is 162 Å². The molecule has 2 aromatic carbocycles. The predicted octanol–water partition coefficient (Wildman–Crippen LogP) is 4.88. The summed E-state index contributed by atoms with van der Waals surface area (Å²) in [7, 11) is 0. The monoisotopic (exact) mass is 413 g/mol. The van der Waals surface area contributed by atoms with E-state index in [1.165, 1.54) is 30.3 Å². The van der Waals surface area contributed by atoms with E-state index in [1.54, 1.807) is 17.6 Å². The summed E-state index contributed by atoms with van der Waals surface area (Å²) in [5.74, 6) is -1.57. The van der Waals surface area contributed by atoms with Crippen molar-refractivity contribution in [3.05, 3.63) is 58.2 Å². The first-order chi connectivity index (χ1) is 13.0. The number of rotatable bonds is 5. The lowest BCUT2D eigenvalue weighted by Crippen LogP contribution is -2.17. The summed E-state index contributed by atoms with van der Waals surface area (Å²) in [5.41, 5.74) is 2.20. The van der Waals surface area contributed by atoms with Crippen molar-refractivity contribution >= 4 is 28.5 Å². The second-order valence-corrected chi connectivity index (χ2v) is 6.64. The van der Waals surface area contributed by atoms with Gasteiger partial charge in [-0.2, -0.15) is 0 Å². The number of phenols is 1. The lowest BCUT2D eigenvalue weighted by Gasteiger charge is -2.12. The summed E-state index contributed by atoms with van der Waals surface area (Å²) in [5, 5.41) is 19.7. The van der Waals surface area contributed by atoms with Crippen molar-refractivity contribution in [1.29, 1.82) is 0 Å². The van der Waals surface area contributed by atoms with Gasteiger partial charge in [0.1, 0.15) is 11.5 Å². The average Bonchev–Trinajstić information content (AvgIpc) is 2.79. The molecule has 0 atom stereocenters. The summed E-state index contributed by atoms with van der Waals surface area (Å²) >= 11 is 6.00. The van der Waals surface area contributed by atoms with Gasteiger partial charge in [0.25, 0.3) is 0 Å². The van der Waals surface area contributed by atoms with Crippen molar-refractivity contribution in [3.63, 3.8) is 0 Å². The predicted molar refractivity (Wildman–Crippen MR) is 96.9 cm³/mol. The third-order valence-electron chi connectivity index (χ3n) is 4.32. The Bertz CT molecular complexity index is 1060. The maximum atomic E-state index is 12.5. The number of alkyl halides is 3. The van der Waals surface area contributed by atoms with Crippen molar-refractivity contribution in [1.82, 2.24) is 4.57 Å². The van der Waals surface area contributed by atoms with Gasteiger partial charge in [0.2, 0.25) is 0 Å². The average molecular weight is 414 g/mol. The smallest absolute Gasteiger partial charge is 0.506 e. The van der Waals surface area contributed by atoms with Gasteiger partial charge in [0.15, 0.2) is 0 Å². The van der Waals surface area contributed by atoms with Gasteiger partial charge < -0.3 is 19.5 Å². The Hall–Kier alpha value is -2.87. The summed E-state index contributed by atoms with van der Waals surface area (Å²) < 4.78 is 43.1. The second kappa shape index (κ2) is 7.27. The molecule has 148 valence electrons. The van der Waals surface area contributed by atoms with Crippen LogP contribution in [0.15, 0.2) is 36.4 Å². The maximum Gasteiger partial charge on any atom is 0.573 e. The lowest BCUT2D eigenvalue weighted by atomic mass is 10.1. The van der Waals surface area contributed by atoms with E-state index < -0.39 is 12.3 Å². The van der Waals surface area contributed by atoms with Crippen LogP contribution >= 0.6 is 11.6 Å². The van der Waals surface area contributed by atoms with Crippen LogP contribution in [-0.4, -0.2) is 27.1 Å². The maximum absolute atomic E-state index is 12.5. The number of carboxylic acids is 1. The number of phenolic OH excluding ortho intramolecular Hbond substituents is 1. The molecule has 3 aromatic rings. The summed E-state index contributed by atoms with van der Waals surface area (Å²) in [6, 6.07) is 8.42. The minimum absolute atomic E-state index is 0.0854. The van der Waals surface area contributed by atoms with Crippen LogP contribution < -0.4 is 4.74 Å². The number of aliphatic carboxylic acids is 1. The van der Waals surface area contributed by atoms with Crippen molar-refractivity contribution in [2.45, 2.75) is 26.3 Å². The normalized spacial score (nSPS) is 11.8. The standard InChI is InChI=1S/C19H15ClF3NO4/c1-10-13(7-18(26)27)14-6-17(25)15(20)8-16(14)24(10)9-11-3-2-4-12(5-11)28-19(21,22)23/h2-6,8,25H,7,9H2,1H3,(H,26,27). The van der Waals surface area contributed by atoms with Crippen molar-refractivity contribution in [3.8, 4) is 11.5 Å². The summed E-state index contributed by atoms with van der Waals surface area (Å²) in [6.45, 7) is 1.87. The topological polar surface area (TPSA) is 71.7 Å². The van der Waals surface area contributed by atoms with Crippen LogP contribution in [-0.2, 0) is 17.8 Å². The number of aromatic hydroxyl groups is 1. The quantitative estimate of drug-likeness (QED) is 0.625. The molecule has 2 N–H and O–H groups in total. The molecule has 0 saturated heterocycles. The molecule has 0 fully saturated rings.